The lowest BCUT2D eigenvalue weighted by atomic mass is 10.1. The number of benzene rings is 1. The van der Waals surface area contributed by atoms with Crippen molar-refractivity contribution in [1.29, 1.82) is 0 Å². The Morgan fingerprint density at radius 3 is 2.35 bits per heavy atom. The maximum atomic E-state index is 12.3. The Labute approximate surface area is 131 Å². The molecule has 0 N–H and O–H groups in total. The van der Waals surface area contributed by atoms with Gasteiger partial charge in [0.05, 0.1) is 5.56 Å². The summed E-state index contributed by atoms with van der Waals surface area (Å²) < 4.78 is 2.09. The Bertz CT molecular complexity index is 552. The predicted molar refractivity (Wildman–Crippen MR) is 76.0 cm³/mol. The zero-order valence-corrected chi connectivity index (χ0v) is 13.5. The lowest BCUT2D eigenvalue weighted by Crippen LogP contribution is -3.00. The van der Waals surface area contributed by atoms with Crippen LogP contribution in [0.2, 0.25) is 0 Å². The summed E-state index contributed by atoms with van der Waals surface area (Å²) in [5.74, 6) is 0.750. The van der Waals surface area contributed by atoms with Crippen LogP contribution in [-0.2, 0) is 6.54 Å². The van der Waals surface area contributed by atoms with E-state index in [1.165, 1.54) is 0 Å². The standard InChI is InChI=1S/C17H20NO.BrH/c1-14(2)10-12-18-11-6-9-16(13-18)17(19)15-7-4-3-5-8-15;/h3-9,11,13-14H,10,12H2,1-2H3;1H/q+1;/p-1. The zero-order valence-electron chi connectivity index (χ0n) is 11.9. The predicted octanol–water partition coefficient (Wildman–Crippen LogP) is 0.255. The molecule has 0 aliphatic heterocycles. The number of hydrogen-bond donors (Lipinski definition) is 0. The maximum Gasteiger partial charge on any atom is 0.199 e. The molecule has 0 unspecified atom stereocenters. The summed E-state index contributed by atoms with van der Waals surface area (Å²) in [6.07, 6.45) is 5.08. The molecule has 0 aliphatic rings. The highest BCUT2D eigenvalue weighted by Gasteiger charge is 2.12. The van der Waals surface area contributed by atoms with Crippen molar-refractivity contribution >= 4 is 5.78 Å². The molecule has 0 aliphatic carbocycles. The Morgan fingerprint density at radius 2 is 1.70 bits per heavy atom. The molecule has 1 aromatic carbocycles. The van der Waals surface area contributed by atoms with E-state index in [0.29, 0.717) is 5.92 Å². The van der Waals surface area contributed by atoms with Crippen LogP contribution in [0.1, 0.15) is 36.2 Å². The second-order valence-corrected chi connectivity index (χ2v) is 5.21. The van der Waals surface area contributed by atoms with Crippen LogP contribution in [0.5, 0.6) is 0 Å². The van der Waals surface area contributed by atoms with Crippen LogP contribution >= 0.6 is 0 Å². The molecule has 0 saturated heterocycles. The lowest BCUT2D eigenvalue weighted by Gasteiger charge is -2.03. The Morgan fingerprint density at radius 1 is 1.05 bits per heavy atom. The molecule has 0 bridgehead atoms. The molecule has 0 amide bonds. The normalized spacial score (nSPS) is 10.2. The number of hydrogen-bond acceptors (Lipinski definition) is 1. The summed E-state index contributed by atoms with van der Waals surface area (Å²) in [6, 6.07) is 13.2. The first kappa shape index (κ1) is 16.6. The van der Waals surface area contributed by atoms with E-state index in [9.17, 15) is 4.79 Å². The van der Waals surface area contributed by atoms with Crippen molar-refractivity contribution in [3.63, 3.8) is 0 Å². The van der Waals surface area contributed by atoms with Gasteiger partial charge in [0, 0.05) is 18.1 Å². The number of rotatable bonds is 5. The first-order valence-electron chi connectivity index (χ1n) is 6.75. The van der Waals surface area contributed by atoms with E-state index < -0.39 is 0 Å². The molecule has 0 saturated carbocycles. The van der Waals surface area contributed by atoms with Gasteiger partial charge in [0.2, 0.25) is 0 Å². The van der Waals surface area contributed by atoms with Crippen molar-refractivity contribution in [1.82, 2.24) is 0 Å². The minimum absolute atomic E-state index is 0. The van der Waals surface area contributed by atoms with Gasteiger partial charge in [-0.3, -0.25) is 4.79 Å². The van der Waals surface area contributed by atoms with Crippen molar-refractivity contribution in [3.05, 3.63) is 66.0 Å². The summed E-state index contributed by atoms with van der Waals surface area (Å²) >= 11 is 0. The van der Waals surface area contributed by atoms with Gasteiger partial charge < -0.3 is 17.0 Å². The smallest absolute Gasteiger partial charge is 0.199 e. The van der Waals surface area contributed by atoms with Gasteiger partial charge in [-0.25, -0.2) is 4.57 Å². The number of carbonyl (C=O) groups excluding carboxylic acids is 1. The highest BCUT2D eigenvalue weighted by molar-refractivity contribution is 6.08. The van der Waals surface area contributed by atoms with Gasteiger partial charge in [-0.15, -0.1) is 0 Å². The Balaban J connectivity index is 0.00000200. The average molecular weight is 334 g/mol. The van der Waals surface area contributed by atoms with E-state index in [0.717, 1.165) is 24.1 Å². The largest absolute Gasteiger partial charge is 1.00 e. The van der Waals surface area contributed by atoms with Gasteiger partial charge in [0.15, 0.2) is 18.2 Å². The molecule has 0 atom stereocenters. The number of pyridine rings is 1. The van der Waals surface area contributed by atoms with E-state index in [2.05, 4.69) is 18.4 Å². The topological polar surface area (TPSA) is 20.9 Å². The van der Waals surface area contributed by atoms with Crippen LogP contribution in [0.4, 0.5) is 0 Å². The van der Waals surface area contributed by atoms with Crippen LogP contribution < -0.4 is 21.5 Å². The number of carbonyl (C=O) groups is 1. The number of aromatic nitrogens is 1. The minimum atomic E-state index is 0. The number of halogens is 1. The quantitative estimate of drug-likeness (QED) is 0.568. The third-order valence-corrected chi connectivity index (χ3v) is 3.12. The number of ketones is 1. The number of nitrogens with zero attached hydrogens (tertiary/aromatic N) is 1. The lowest BCUT2D eigenvalue weighted by molar-refractivity contribution is -0.698. The maximum absolute atomic E-state index is 12.3. The molecular formula is C17H20BrNO. The Kier molecular flexibility index (Phi) is 6.59. The molecule has 3 heteroatoms. The molecule has 1 aromatic heterocycles. The van der Waals surface area contributed by atoms with Crippen LogP contribution in [-0.4, -0.2) is 5.78 Å². The van der Waals surface area contributed by atoms with E-state index in [1.807, 2.05) is 54.9 Å². The second-order valence-electron chi connectivity index (χ2n) is 5.21. The fourth-order valence-corrected chi connectivity index (χ4v) is 1.96. The third-order valence-electron chi connectivity index (χ3n) is 3.12. The van der Waals surface area contributed by atoms with Crippen molar-refractivity contribution in [2.45, 2.75) is 26.8 Å². The van der Waals surface area contributed by atoms with Crippen LogP contribution in [0.25, 0.3) is 0 Å². The van der Waals surface area contributed by atoms with Gasteiger partial charge in [-0.05, 0) is 12.0 Å². The van der Waals surface area contributed by atoms with Crippen LogP contribution in [0.3, 0.4) is 0 Å². The molecule has 20 heavy (non-hydrogen) atoms. The van der Waals surface area contributed by atoms with Gasteiger partial charge in [0.25, 0.3) is 0 Å². The van der Waals surface area contributed by atoms with Crippen LogP contribution in [0, 0.1) is 5.92 Å². The molecule has 2 rings (SSSR count). The summed E-state index contributed by atoms with van der Waals surface area (Å²) in [4.78, 5) is 12.3. The first-order valence-corrected chi connectivity index (χ1v) is 6.75. The van der Waals surface area contributed by atoms with Gasteiger partial charge in [-0.1, -0.05) is 44.2 Å². The zero-order chi connectivity index (χ0) is 13.7. The molecule has 0 fully saturated rings. The van der Waals surface area contributed by atoms with Gasteiger partial charge in [0.1, 0.15) is 6.54 Å². The average Bonchev–Trinajstić information content (AvgIpc) is 2.45. The fourth-order valence-electron chi connectivity index (χ4n) is 1.96. The first-order chi connectivity index (χ1) is 9.16. The molecule has 0 radical (unpaired) electrons. The highest BCUT2D eigenvalue weighted by atomic mass is 79.9. The molecule has 2 nitrogen and oxygen atoms in total. The number of aryl methyl sites for hydroxylation is 1. The van der Waals surface area contributed by atoms with Gasteiger partial charge in [-0.2, -0.15) is 0 Å². The van der Waals surface area contributed by atoms with Crippen molar-refractivity contribution in [2.75, 3.05) is 0 Å². The van der Waals surface area contributed by atoms with Crippen molar-refractivity contribution in [3.8, 4) is 0 Å². The van der Waals surface area contributed by atoms with Crippen LogP contribution in [0.15, 0.2) is 54.9 Å². The summed E-state index contributed by atoms with van der Waals surface area (Å²) in [6.45, 7) is 5.37. The highest BCUT2D eigenvalue weighted by Crippen LogP contribution is 2.07. The van der Waals surface area contributed by atoms with E-state index >= 15 is 0 Å². The molecule has 0 spiro atoms. The molecule has 1 heterocycles. The molecule has 2 aromatic rings. The summed E-state index contributed by atoms with van der Waals surface area (Å²) in [5, 5.41) is 0. The monoisotopic (exact) mass is 333 g/mol. The molecule has 106 valence electrons. The Hall–Kier alpha value is -1.48. The SMILES string of the molecule is CC(C)CC[n+]1cccc(C(=O)c2ccccc2)c1.[Br-]. The second kappa shape index (κ2) is 7.95. The third kappa shape index (κ3) is 4.57. The molecular weight excluding hydrogens is 314 g/mol. The van der Waals surface area contributed by atoms with E-state index in [4.69, 9.17) is 0 Å². The van der Waals surface area contributed by atoms with E-state index in [-0.39, 0.29) is 22.8 Å². The minimum Gasteiger partial charge on any atom is -1.00 e. The summed E-state index contributed by atoms with van der Waals surface area (Å²) in [7, 11) is 0. The summed E-state index contributed by atoms with van der Waals surface area (Å²) in [5.41, 5.74) is 1.49. The fraction of sp³-hybridized carbons (Fsp3) is 0.294. The van der Waals surface area contributed by atoms with Crippen molar-refractivity contribution in [2.24, 2.45) is 5.92 Å². The van der Waals surface area contributed by atoms with E-state index in [1.54, 1.807) is 0 Å². The van der Waals surface area contributed by atoms with Gasteiger partial charge >= 0.3 is 0 Å². The van der Waals surface area contributed by atoms with Crippen molar-refractivity contribution < 1.29 is 26.3 Å².